The van der Waals surface area contributed by atoms with Gasteiger partial charge in [-0.15, -0.1) is 0 Å². The molecule has 162 valence electrons. The van der Waals surface area contributed by atoms with Crippen LogP contribution in [0.5, 0.6) is 5.75 Å². The number of rotatable bonds is 4. The molecule has 0 atom stereocenters. The number of nitrogens with zero attached hydrogens (tertiary/aromatic N) is 1. The van der Waals surface area contributed by atoms with Gasteiger partial charge in [0.1, 0.15) is 5.75 Å². The van der Waals surface area contributed by atoms with E-state index in [1.54, 1.807) is 18.2 Å². The van der Waals surface area contributed by atoms with Crippen molar-refractivity contribution in [2.45, 2.75) is 13.1 Å². The Bertz CT molecular complexity index is 1120. The standard InChI is InChI=1S/C22H17BrF3NO4/c1-12-19(21(29)31-3)17(10-13-9-15(23)7-8-18(13)30-2)20(28)27(12)16-6-4-5-14(11-16)22(24,25)26/h4-11H,1-3H3/b17-10-. The van der Waals surface area contributed by atoms with Crippen LogP contribution in [0.3, 0.4) is 0 Å². The molecule has 5 nitrogen and oxygen atoms in total. The fourth-order valence-electron chi connectivity index (χ4n) is 3.29. The normalized spacial score (nSPS) is 15.6. The van der Waals surface area contributed by atoms with Crippen LogP contribution in [0.25, 0.3) is 6.08 Å². The molecule has 0 bridgehead atoms. The molecule has 0 unspecified atom stereocenters. The Kier molecular flexibility index (Phi) is 6.26. The number of ether oxygens (including phenoxy) is 2. The number of methoxy groups -OCH3 is 2. The molecule has 9 heteroatoms. The van der Waals surface area contributed by atoms with Gasteiger partial charge in [-0.3, -0.25) is 9.69 Å². The topological polar surface area (TPSA) is 55.8 Å². The minimum atomic E-state index is -4.58. The molecule has 31 heavy (non-hydrogen) atoms. The molecule has 1 aliphatic rings. The maximum Gasteiger partial charge on any atom is 0.416 e. The number of alkyl halides is 3. The van der Waals surface area contributed by atoms with Crippen LogP contribution in [-0.2, 0) is 20.5 Å². The quantitative estimate of drug-likeness (QED) is 0.423. The number of carbonyl (C=O) groups is 2. The first-order chi connectivity index (χ1) is 14.6. The summed E-state index contributed by atoms with van der Waals surface area (Å²) in [4.78, 5) is 26.8. The van der Waals surface area contributed by atoms with Crippen LogP contribution in [0.15, 0.2) is 63.8 Å². The van der Waals surface area contributed by atoms with Crippen molar-refractivity contribution in [2.75, 3.05) is 19.1 Å². The SMILES string of the molecule is COC(=O)C1=C(C)N(c2cccc(C(F)(F)F)c2)C(=O)/C1=C\c1cc(Br)ccc1OC. The fourth-order valence-corrected chi connectivity index (χ4v) is 3.66. The van der Waals surface area contributed by atoms with Crippen LogP contribution in [0.1, 0.15) is 18.1 Å². The molecule has 0 N–H and O–H groups in total. The number of hydrogen-bond donors (Lipinski definition) is 0. The number of esters is 1. The number of allylic oxidation sites excluding steroid dienone is 1. The monoisotopic (exact) mass is 495 g/mol. The largest absolute Gasteiger partial charge is 0.496 e. The van der Waals surface area contributed by atoms with E-state index < -0.39 is 23.6 Å². The van der Waals surface area contributed by atoms with E-state index in [0.29, 0.717) is 15.8 Å². The molecule has 0 spiro atoms. The zero-order valence-electron chi connectivity index (χ0n) is 16.7. The van der Waals surface area contributed by atoms with E-state index in [0.717, 1.165) is 24.1 Å². The lowest BCUT2D eigenvalue weighted by molar-refractivity contribution is -0.137. The summed E-state index contributed by atoms with van der Waals surface area (Å²) in [5, 5.41) is 0. The minimum absolute atomic E-state index is 0.0108. The van der Waals surface area contributed by atoms with Gasteiger partial charge in [0.25, 0.3) is 5.91 Å². The average Bonchev–Trinajstić information content (AvgIpc) is 2.96. The van der Waals surface area contributed by atoms with Gasteiger partial charge in [-0.1, -0.05) is 22.0 Å². The molecule has 1 amide bonds. The minimum Gasteiger partial charge on any atom is -0.496 e. The highest BCUT2D eigenvalue weighted by Gasteiger charge is 2.39. The number of amides is 1. The highest BCUT2D eigenvalue weighted by atomic mass is 79.9. The Balaban J connectivity index is 2.19. The van der Waals surface area contributed by atoms with E-state index in [-0.39, 0.29) is 22.5 Å². The average molecular weight is 496 g/mol. The van der Waals surface area contributed by atoms with Crippen molar-refractivity contribution in [1.29, 1.82) is 0 Å². The molecule has 2 aromatic carbocycles. The molecule has 0 aromatic heterocycles. The van der Waals surface area contributed by atoms with E-state index in [4.69, 9.17) is 9.47 Å². The van der Waals surface area contributed by atoms with E-state index in [9.17, 15) is 22.8 Å². The predicted octanol–water partition coefficient (Wildman–Crippen LogP) is 5.35. The van der Waals surface area contributed by atoms with Crippen molar-refractivity contribution in [2.24, 2.45) is 0 Å². The second kappa shape index (κ2) is 8.58. The molecule has 2 aromatic rings. The highest BCUT2D eigenvalue weighted by Crippen LogP contribution is 2.39. The lowest BCUT2D eigenvalue weighted by Crippen LogP contribution is -2.25. The van der Waals surface area contributed by atoms with Gasteiger partial charge in [-0.2, -0.15) is 13.2 Å². The summed E-state index contributed by atoms with van der Waals surface area (Å²) in [6, 6.07) is 9.45. The van der Waals surface area contributed by atoms with Gasteiger partial charge in [0.2, 0.25) is 0 Å². The maximum absolute atomic E-state index is 13.3. The number of anilines is 1. The number of carbonyl (C=O) groups excluding carboxylic acids is 2. The molecule has 0 aliphatic carbocycles. The van der Waals surface area contributed by atoms with Crippen molar-refractivity contribution < 1.29 is 32.2 Å². The summed E-state index contributed by atoms with van der Waals surface area (Å²) >= 11 is 3.34. The van der Waals surface area contributed by atoms with Crippen molar-refractivity contribution in [3.05, 3.63) is 74.9 Å². The third-order valence-corrected chi connectivity index (χ3v) is 5.21. The van der Waals surface area contributed by atoms with Crippen molar-refractivity contribution in [3.8, 4) is 5.75 Å². The number of benzene rings is 2. The first-order valence-electron chi connectivity index (χ1n) is 8.95. The molecule has 3 rings (SSSR count). The van der Waals surface area contributed by atoms with Gasteiger partial charge >= 0.3 is 12.1 Å². The second-order valence-corrected chi connectivity index (χ2v) is 7.50. The third kappa shape index (κ3) is 4.36. The van der Waals surface area contributed by atoms with Crippen molar-refractivity contribution in [3.63, 3.8) is 0 Å². The lowest BCUT2D eigenvalue weighted by atomic mass is 10.0. The van der Waals surface area contributed by atoms with E-state index in [2.05, 4.69) is 15.9 Å². The van der Waals surface area contributed by atoms with Crippen LogP contribution < -0.4 is 9.64 Å². The first kappa shape index (κ1) is 22.6. The Labute approximate surface area is 184 Å². The molecule has 1 heterocycles. The number of hydrogen-bond acceptors (Lipinski definition) is 4. The molecule has 0 saturated heterocycles. The van der Waals surface area contributed by atoms with Crippen molar-refractivity contribution in [1.82, 2.24) is 0 Å². The fraction of sp³-hybridized carbons (Fsp3) is 0.182. The van der Waals surface area contributed by atoms with Gasteiger partial charge in [0.05, 0.1) is 30.9 Å². The van der Waals surface area contributed by atoms with E-state index >= 15 is 0 Å². The lowest BCUT2D eigenvalue weighted by Gasteiger charge is -2.19. The van der Waals surface area contributed by atoms with Gasteiger partial charge in [-0.05, 0) is 49.4 Å². The molecule has 0 saturated carbocycles. The summed E-state index contributed by atoms with van der Waals surface area (Å²) in [6.45, 7) is 1.48. The third-order valence-electron chi connectivity index (χ3n) is 4.71. The van der Waals surface area contributed by atoms with E-state index in [1.165, 1.54) is 32.2 Å². The molecule has 0 radical (unpaired) electrons. The van der Waals surface area contributed by atoms with Crippen LogP contribution in [0.2, 0.25) is 0 Å². The summed E-state index contributed by atoms with van der Waals surface area (Å²) in [5.41, 5.74) is -0.304. The van der Waals surface area contributed by atoms with Gasteiger partial charge in [-0.25, -0.2) is 4.79 Å². The van der Waals surface area contributed by atoms with E-state index in [1.807, 2.05) is 0 Å². The summed E-state index contributed by atoms with van der Waals surface area (Å²) in [6.07, 6.45) is -3.13. The Morgan fingerprint density at radius 3 is 2.45 bits per heavy atom. The Morgan fingerprint density at radius 1 is 1.13 bits per heavy atom. The maximum atomic E-state index is 13.3. The van der Waals surface area contributed by atoms with Crippen LogP contribution in [0, 0.1) is 0 Å². The summed E-state index contributed by atoms with van der Waals surface area (Å²) in [7, 11) is 2.62. The molecular formula is C22H17BrF3NO4. The first-order valence-corrected chi connectivity index (χ1v) is 9.74. The predicted molar refractivity (Wildman–Crippen MR) is 112 cm³/mol. The van der Waals surface area contributed by atoms with Gasteiger partial charge in [0, 0.05) is 21.4 Å². The second-order valence-electron chi connectivity index (χ2n) is 6.58. The summed E-state index contributed by atoms with van der Waals surface area (Å²) in [5.74, 6) is -0.984. The summed E-state index contributed by atoms with van der Waals surface area (Å²) < 4.78 is 50.4. The van der Waals surface area contributed by atoms with Crippen LogP contribution in [0.4, 0.5) is 18.9 Å². The smallest absolute Gasteiger partial charge is 0.416 e. The zero-order valence-corrected chi connectivity index (χ0v) is 18.3. The Hall–Kier alpha value is -3.07. The Morgan fingerprint density at radius 2 is 1.84 bits per heavy atom. The zero-order chi connectivity index (χ0) is 22.9. The molecule has 1 aliphatic heterocycles. The van der Waals surface area contributed by atoms with Crippen LogP contribution in [-0.4, -0.2) is 26.1 Å². The van der Waals surface area contributed by atoms with Crippen molar-refractivity contribution >= 4 is 39.6 Å². The van der Waals surface area contributed by atoms with Gasteiger partial charge in [0.15, 0.2) is 0 Å². The molecular weight excluding hydrogens is 479 g/mol. The highest BCUT2D eigenvalue weighted by molar-refractivity contribution is 9.10. The van der Waals surface area contributed by atoms with Gasteiger partial charge < -0.3 is 9.47 Å². The number of halogens is 4. The molecule has 0 fully saturated rings. The van der Waals surface area contributed by atoms with Crippen LogP contribution >= 0.6 is 15.9 Å².